The Morgan fingerprint density at radius 2 is 1.84 bits per heavy atom. The van der Waals surface area contributed by atoms with Crippen LogP contribution in [0.5, 0.6) is 0 Å². The lowest BCUT2D eigenvalue weighted by Crippen LogP contribution is -1.97. The van der Waals surface area contributed by atoms with Crippen molar-refractivity contribution in [2.75, 3.05) is 5.32 Å². The monoisotopic (exact) mass is 251 g/mol. The van der Waals surface area contributed by atoms with Crippen LogP contribution in [-0.4, -0.2) is 9.38 Å². The van der Waals surface area contributed by atoms with E-state index in [1.54, 1.807) is 0 Å². The highest BCUT2D eigenvalue weighted by molar-refractivity contribution is 5.74. The molecule has 0 saturated carbocycles. The van der Waals surface area contributed by atoms with E-state index in [2.05, 4.69) is 52.9 Å². The fourth-order valence-electron chi connectivity index (χ4n) is 2.23. The molecule has 0 aliphatic rings. The van der Waals surface area contributed by atoms with E-state index in [4.69, 9.17) is 0 Å². The van der Waals surface area contributed by atoms with Crippen LogP contribution in [0.15, 0.2) is 54.9 Å². The molecule has 3 rings (SSSR count). The van der Waals surface area contributed by atoms with E-state index in [0.717, 1.165) is 17.0 Å². The van der Waals surface area contributed by atoms with Crippen molar-refractivity contribution in [1.82, 2.24) is 9.38 Å². The van der Waals surface area contributed by atoms with Crippen LogP contribution in [0.3, 0.4) is 0 Å². The lowest BCUT2D eigenvalue weighted by atomic mass is 10.1. The highest BCUT2D eigenvalue weighted by Gasteiger charge is 2.09. The number of hydrogen-bond acceptors (Lipinski definition) is 2. The lowest BCUT2D eigenvalue weighted by Gasteiger charge is -2.09. The number of aromatic nitrogens is 2. The summed E-state index contributed by atoms with van der Waals surface area (Å²) < 4.78 is 2.15. The second-order valence-corrected chi connectivity index (χ2v) is 4.94. The third-order valence-corrected chi connectivity index (χ3v) is 3.21. The average Bonchev–Trinajstić information content (AvgIpc) is 2.85. The van der Waals surface area contributed by atoms with Gasteiger partial charge in [-0.05, 0) is 30.2 Å². The second kappa shape index (κ2) is 4.76. The number of nitrogens with zero attached hydrogens (tertiary/aromatic N) is 2. The molecule has 2 aromatic heterocycles. The van der Waals surface area contributed by atoms with Crippen molar-refractivity contribution in [2.24, 2.45) is 0 Å². The summed E-state index contributed by atoms with van der Waals surface area (Å²) in [4.78, 5) is 4.54. The van der Waals surface area contributed by atoms with Crippen LogP contribution in [-0.2, 0) is 0 Å². The highest BCUT2D eigenvalue weighted by Crippen LogP contribution is 2.24. The van der Waals surface area contributed by atoms with Crippen LogP contribution in [0.4, 0.5) is 11.4 Å². The topological polar surface area (TPSA) is 29.3 Å². The summed E-state index contributed by atoms with van der Waals surface area (Å²) in [7, 11) is 0. The Balaban J connectivity index is 2.05. The molecule has 1 N–H and O–H groups in total. The van der Waals surface area contributed by atoms with E-state index in [0.29, 0.717) is 5.92 Å². The maximum atomic E-state index is 4.54. The minimum absolute atomic E-state index is 0.460. The molecule has 0 bridgehead atoms. The molecule has 3 aromatic rings. The second-order valence-electron chi connectivity index (χ2n) is 4.94. The maximum Gasteiger partial charge on any atom is 0.160 e. The van der Waals surface area contributed by atoms with E-state index in [9.17, 15) is 0 Å². The SMILES string of the molecule is CC(C)c1cnc2c(Nc3ccccc3)cccn12. The predicted molar refractivity (Wildman–Crippen MR) is 79.0 cm³/mol. The zero-order valence-electron chi connectivity index (χ0n) is 11.2. The van der Waals surface area contributed by atoms with Gasteiger partial charge >= 0.3 is 0 Å². The molecule has 0 atom stereocenters. The minimum atomic E-state index is 0.460. The number of benzene rings is 1. The Hall–Kier alpha value is -2.29. The first-order valence-electron chi connectivity index (χ1n) is 6.54. The molecule has 3 heteroatoms. The Kier molecular flexibility index (Phi) is 2.95. The number of anilines is 2. The fourth-order valence-corrected chi connectivity index (χ4v) is 2.23. The van der Waals surface area contributed by atoms with Crippen LogP contribution in [0.25, 0.3) is 5.65 Å². The number of fused-ring (bicyclic) bond motifs is 1. The molecular formula is C16H17N3. The van der Waals surface area contributed by atoms with Gasteiger partial charge in [0.1, 0.15) is 0 Å². The number of para-hydroxylation sites is 1. The molecule has 96 valence electrons. The van der Waals surface area contributed by atoms with Crippen molar-refractivity contribution in [3.8, 4) is 0 Å². The number of imidazole rings is 1. The molecule has 0 amide bonds. The van der Waals surface area contributed by atoms with Gasteiger partial charge in [-0.3, -0.25) is 0 Å². The Morgan fingerprint density at radius 3 is 2.58 bits per heavy atom. The van der Waals surface area contributed by atoms with E-state index in [-0.39, 0.29) is 0 Å². The predicted octanol–water partition coefficient (Wildman–Crippen LogP) is 4.20. The first-order valence-corrected chi connectivity index (χ1v) is 6.54. The minimum Gasteiger partial charge on any atom is -0.352 e. The van der Waals surface area contributed by atoms with Crippen LogP contribution in [0.1, 0.15) is 25.5 Å². The molecule has 0 fully saturated rings. The van der Waals surface area contributed by atoms with E-state index in [1.165, 1.54) is 5.69 Å². The van der Waals surface area contributed by atoms with Crippen molar-refractivity contribution >= 4 is 17.0 Å². The van der Waals surface area contributed by atoms with Gasteiger partial charge in [-0.1, -0.05) is 32.0 Å². The summed E-state index contributed by atoms with van der Waals surface area (Å²) in [6.45, 7) is 4.36. The van der Waals surface area contributed by atoms with Crippen LogP contribution in [0, 0.1) is 0 Å². The number of rotatable bonds is 3. The Labute approximate surface area is 112 Å². The van der Waals surface area contributed by atoms with Gasteiger partial charge in [0, 0.05) is 23.8 Å². The number of nitrogens with one attached hydrogen (secondary N) is 1. The van der Waals surface area contributed by atoms with Crippen molar-refractivity contribution in [1.29, 1.82) is 0 Å². The van der Waals surface area contributed by atoms with Crippen LogP contribution in [0.2, 0.25) is 0 Å². The first kappa shape index (κ1) is 11.8. The summed E-state index contributed by atoms with van der Waals surface area (Å²) in [5.41, 5.74) is 4.30. The van der Waals surface area contributed by atoms with Gasteiger partial charge in [0.15, 0.2) is 5.65 Å². The molecule has 3 nitrogen and oxygen atoms in total. The molecule has 1 aromatic carbocycles. The molecule has 2 heterocycles. The summed E-state index contributed by atoms with van der Waals surface area (Å²) in [6.07, 6.45) is 4.02. The third kappa shape index (κ3) is 2.19. The Morgan fingerprint density at radius 1 is 1.05 bits per heavy atom. The van der Waals surface area contributed by atoms with E-state index >= 15 is 0 Å². The quantitative estimate of drug-likeness (QED) is 0.756. The van der Waals surface area contributed by atoms with Crippen molar-refractivity contribution in [3.63, 3.8) is 0 Å². The van der Waals surface area contributed by atoms with Crippen molar-refractivity contribution in [2.45, 2.75) is 19.8 Å². The van der Waals surface area contributed by atoms with Crippen LogP contribution >= 0.6 is 0 Å². The van der Waals surface area contributed by atoms with Gasteiger partial charge in [-0.25, -0.2) is 4.98 Å². The molecule has 19 heavy (non-hydrogen) atoms. The normalized spacial score (nSPS) is 11.1. The van der Waals surface area contributed by atoms with Crippen molar-refractivity contribution in [3.05, 3.63) is 60.6 Å². The van der Waals surface area contributed by atoms with Gasteiger partial charge in [0.05, 0.1) is 5.69 Å². The average molecular weight is 251 g/mol. The maximum absolute atomic E-state index is 4.54. The highest BCUT2D eigenvalue weighted by atomic mass is 15.0. The van der Waals surface area contributed by atoms with Gasteiger partial charge in [0.25, 0.3) is 0 Å². The van der Waals surface area contributed by atoms with Crippen molar-refractivity contribution < 1.29 is 0 Å². The van der Waals surface area contributed by atoms with Gasteiger partial charge in [0.2, 0.25) is 0 Å². The van der Waals surface area contributed by atoms with Gasteiger partial charge < -0.3 is 9.72 Å². The smallest absolute Gasteiger partial charge is 0.160 e. The zero-order valence-corrected chi connectivity index (χ0v) is 11.2. The third-order valence-electron chi connectivity index (χ3n) is 3.21. The van der Waals surface area contributed by atoms with Crippen LogP contribution < -0.4 is 5.32 Å². The van der Waals surface area contributed by atoms with E-state index < -0.39 is 0 Å². The van der Waals surface area contributed by atoms with Gasteiger partial charge in [-0.2, -0.15) is 0 Å². The first-order chi connectivity index (χ1) is 9.25. The molecule has 0 unspecified atom stereocenters. The van der Waals surface area contributed by atoms with E-state index in [1.807, 2.05) is 30.5 Å². The molecule has 0 spiro atoms. The summed E-state index contributed by atoms with van der Waals surface area (Å²) in [5, 5.41) is 3.42. The fraction of sp³-hybridized carbons (Fsp3) is 0.188. The molecule has 0 aliphatic heterocycles. The Bertz CT molecular complexity index is 684. The summed E-state index contributed by atoms with van der Waals surface area (Å²) >= 11 is 0. The zero-order chi connectivity index (χ0) is 13.2. The molecule has 0 radical (unpaired) electrons. The number of pyridine rings is 1. The van der Waals surface area contributed by atoms with Gasteiger partial charge in [-0.15, -0.1) is 0 Å². The largest absolute Gasteiger partial charge is 0.352 e. The lowest BCUT2D eigenvalue weighted by molar-refractivity contribution is 0.809. The molecule has 0 aliphatic carbocycles. The molecule has 0 saturated heterocycles. The molecular weight excluding hydrogens is 234 g/mol. The summed E-state index contributed by atoms with van der Waals surface area (Å²) in [6, 6.07) is 14.3. The standard InChI is InChI=1S/C16H17N3/c1-12(2)15-11-17-16-14(9-6-10-19(15)16)18-13-7-4-3-5-8-13/h3-12,18H,1-2H3. The number of hydrogen-bond donors (Lipinski definition) is 1. The summed E-state index contributed by atoms with van der Waals surface area (Å²) in [5.74, 6) is 0.460.